The van der Waals surface area contributed by atoms with Crippen molar-refractivity contribution in [2.45, 2.75) is 19.5 Å². The van der Waals surface area contributed by atoms with E-state index in [0.717, 1.165) is 5.56 Å². The highest BCUT2D eigenvalue weighted by atomic mass is 35.5. The third-order valence-corrected chi connectivity index (χ3v) is 5.90. The number of nitrogens with zero attached hydrogens (tertiary/aromatic N) is 6. The number of ether oxygens (including phenoxy) is 1. The Morgan fingerprint density at radius 3 is 2.46 bits per heavy atom. The van der Waals surface area contributed by atoms with Crippen molar-refractivity contribution in [2.75, 3.05) is 12.0 Å². The van der Waals surface area contributed by atoms with Crippen LogP contribution in [0.1, 0.15) is 12.0 Å². The molecule has 37 heavy (non-hydrogen) atoms. The number of aryl methyl sites for hydroxylation is 1. The van der Waals surface area contributed by atoms with Crippen molar-refractivity contribution in [3.05, 3.63) is 93.3 Å². The lowest BCUT2D eigenvalue weighted by molar-refractivity contribution is 0.449. The second kappa shape index (κ2) is 10.9. The molecule has 0 unspecified atom stereocenters. The quantitative estimate of drug-likeness (QED) is 0.259. The molecule has 1 N–H and O–H groups in total. The summed E-state index contributed by atoms with van der Waals surface area (Å²) in [6.45, 7) is 0.215. The average Bonchev–Trinajstić information content (AvgIpc) is 3.33. The molecule has 3 heterocycles. The van der Waals surface area contributed by atoms with E-state index >= 15 is 0 Å². The molecular weight excluding hydrogens is 520 g/mol. The van der Waals surface area contributed by atoms with Gasteiger partial charge in [-0.2, -0.15) is 4.98 Å². The number of alkyl halides is 1. The van der Waals surface area contributed by atoms with Crippen LogP contribution in [0.25, 0.3) is 11.2 Å². The summed E-state index contributed by atoms with van der Waals surface area (Å²) < 4.78 is 21.9. The topological polar surface area (TPSA) is 99.8 Å². The first-order valence-corrected chi connectivity index (χ1v) is 12.0. The molecule has 5 rings (SSSR count). The van der Waals surface area contributed by atoms with Crippen LogP contribution in [0, 0.1) is 0 Å². The van der Waals surface area contributed by atoms with E-state index in [9.17, 15) is 9.18 Å². The highest BCUT2D eigenvalue weighted by Gasteiger charge is 2.17. The zero-order valence-corrected chi connectivity index (χ0v) is 20.8. The van der Waals surface area contributed by atoms with Gasteiger partial charge in [-0.3, -0.25) is 13.8 Å². The van der Waals surface area contributed by atoms with Crippen LogP contribution in [0.3, 0.4) is 0 Å². The SMILES string of the molecule is O=c1nc(Nc2ccc(Oc3cnc(Cl)cn3)cc2)n(Cc2ccc(Cl)cc2)c2ncn(CCCF)c12. The monoisotopic (exact) mass is 539 g/mol. The molecule has 3 aromatic heterocycles. The van der Waals surface area contributed by atoms with Crippen molar-refractivity contribution >= 4 is 46.0 Å². The Labute approximate surface area is 220 Å². The maximum atomic E-state index is 13.0. The lowest BCUT2D eigenvalue weighted by Crippen LogP contribution is -2.20. The summed E-state index contributed by atoms with van der Waals surface area (Å²) in [6.07, 6.45) is 4.64. The molecule has 0 aliphatic rings. The molecular formula is C25H20Cl2FN7O2. The Hall–Kier alpha value is -4.02. The molecule has 9 nitrogen and oxygen atoms in total. The minimum absolute atomic E-state index is 0.272. The predicted molar refractivity (Wildman–Crippen MR) is 140 cm³/mol. The highest BCUT2D eigenvalue weighted by Crippen LogP contribution is 2.25. The molecule has 0 saturated heterocycles. The van der Waals surface area contributed by atoms with Crippen LogP contribution in [0.2, 0.25) is 10.2 Å². The van der Waals surface area contributed by atoms with Crippen molar-refractivity contribution in [1.82, 2.24) is 29.1 Å². The Morgan fingerprint density at radius 2 is 1.76 bits per heavy atom. The zero-order chi connectivity index (χ0) is 25.8. The van der Waals surface area contributed by atoms with Crippen molar-refractivity contribution in [1.29, 1.82) is 0 Å². The number of hydrogen-bond donors (Lipinski definition) is 1. The van der Waals surface area contributed by atoms with Gasteiger partial charge in [0.1, 0.15) is 10.9 Å². The highest BCUT2D eigenvalue weighted by molar-refractivity contribution is 6.30. The minimum Gasteiger partial charge on any atom is -0.438 e. The van der Waals surface area contributed by atoms with E-state index in [0.29, 0.717) is 52.5 Å². The number of benzene rings is 2. The molecule has 12 heteroatoms. The zero-order valence-electron chi connectivity index (χ0n) is 19.3. The summed E-state index contributed by atoms with van der Waals surface area (Å²) in [4.78, 5) is 29.8. The van der Waals surface area contributed by atoms with Crippen LogP contribution < -0.4 is 15.6 Å². The van der Waals surface area contributed by atoms with Gasteiger partial charge in [-0.1, -0.05) is 35.3 Å². The molecule has 0 fully saturated rings. The first-order chi connectivity index (χ1) is 18.0. The van der Waals surface area contributed by atoms with E-state index in [1.165, 1.54) is 18.7 Å². The van der Waals surface area contributed by atoms with Crippen molar-refractivity contribution in [3.63, 3.8) is 0 Å². The molecule has 2 aromatic carbocycles. The largest absolute Gasteiger partial charge is 0.438 e. The van der Waals surface area contributed by atoms with Gasteiger partial charge in [-0.25, -0.2) is 15.0 Å². The first kappa shape index (κ1) is 24.7. The van der Waals surface area contributed by atoms with E-state index in [-0.39, 0.29) is 11.6 Å². The molecule has 0 aliphatic carbocycles. The van der Waals surface area contributed by atoms with Crippen LogP contribution in [-0.4, -0.2) is 35.7 Å². The smallest absolute Gasteiger partial charge is 0.300 e. The Balaban J connectivity index is 1.47. The summed E-state index contributed by atoms with van der Waals surface area (Å²) in [5.41, 5.74) is 1.91. The summed E-state index contributed by atoms with van der Waals surface area (Å²) in [7, 11) is 0. The minimum atomic E-state index is -0.490. The molecule has 0 atom stereocenters. The van der Waals surface area contributed by atoms with Crippen molar-refractivity contribution < 1.29 is 9.13 Å². The number of imidazole rings is 1. The molecule has 0 bridgehead atoms. The number of fused-ring (bicyclic) bond motifs is 1. The summed E-state index contributed by atoms with van der Waals surface area (Å²) >= 11 is 11.8. The van der Waals surface area contributed by atoms with Crippen LogP contribution in [-0.2, 0) is 13.1 Å². The first-order valence-electron chi connectivity index (χ1n) is 11.3. The number of anilines is 2. The lowest BCUT2D eigenvalue weighted by Gasteiger charge is -2.16. The summed E-state index contributed by atoms with van der Waals surface area (Å²) in [6, 6.07) is 14.4. The third-order valence-electron chi connectivity index (χ3n) is 5.46. The standard InChI is InChI=1S/C25H20Cl2FN7O2/c26-17-4-2-16(3-5-17)14-35-23-22(34(15-31-23)11-1-10-28)24(36)33-25(35)32-18-6-8-19(9-7-18)37-21-13-29-20(27)12-30-21/h2-9,12-13,15H,1,10-11,14H2,(H,32,33,36). The van der Waals surface area contributed by atoms with E-state index in [2.05, 4.69) is 25.3 Å². The Morgan fingerprint density at radius 1 is 0.973 bits per heavy atom. The van der Waals surface area contributed by atoms with Gasteiger partial charge in [-0.05, 0) is 48.4 Å². The van der Waals surface area contributed by atoms with Crippen LogP contribution in [0.4, 0.5) is 16.0 Å². The van der Waals surface area contributed by atoms with E-state index < -0.39 is 12.2 Å². The summed E-state index contributed by atoms with van der Waals surface area (Å²) in [5, 5.41) is 4.09. The van der Waals surface area contributed by atoms with E-state index in [1.54, 1.807) is 45.5 Å². The van der Waals surface area contributed by atoms with Gasteiger partial charge in [0.2, 0.25) is 11.8 Å². The maximum absolute atomic E-state index is 13.0. The number of rotatable bonds is 9. The number of aromatic nitrogens is 6. The number of halogens is 3. The van der Waals surface area contributed by atoms with Crippen LogP contribution in [0.15, 0.2) is 72.0 Å². The van der Waals surface area contributed by atoms with Crippen LogP contribution >= 0.6 is 23.2 Å². The lowest BCUT2D eigenvalue weighted by atomic mass is 10.2. The molecule has 0 saturated carbocycles. The Bertz CT molecular complexity index is 1570. The van der Waals surface area contributed by atoms with Gasteiger partial charge in [0.05, 0.1) is 31.9 Å². The van der Waals surface area contributed by atoms with Crippen molar-refractivity contribution in [3.8, 4) is 11.6 Å². The fourth-order valence-electron chi connectivity index (χ4n) is 3.72. The Kier molecular flexibility index (Phi) is 7.29. The van der Waals surface area contributed by atoms with Gasteiger partial charge >= 0.3 is 5.56 Å². The second-order valence-corrected chi connectivity index (χ2v) is 8.86. The fraction of sp³-hybridized carbons (Fsp3) is 0.160. The molecule has 0 aliphatic heterocycles. The van der Waals surface area contributed by atoms with Crippen LogP contribution in [0.5, 0.6) is 11.6 Å². The molecule has 188 valence electrons. The molecule has 0 spiro atoms. The second-order valence-electron chi connectivity index (χ2n) is 8.03. The van der Waals surface area contributed by atoms with Gasteiger partial charge in [0.15, 0.2) is 11.2 Å². The van der Waals surface area contributed by atoms with Gasteiger partial charge in [0, 0.05) is 17.3 Å². The van der Waals surface area contributed by atoms with Gasteiger partial charge in [0.25, 0.3) is 0 Å². The van der Waals surface area contributed by atoms with E-state index in [1.807, 2.05) is 12.1 Å². The normalized spacial score (nSPS) is 11.1. The van der Waals surface area contributed by atoms with Gasteiger partial charge in [-0.15, -0.1) is 0 Å². The van der Waals surface area contributed by atoms with Crippen molar-refractivity contribution in [2.24, 2.45) is 0 Å². The molecule has 5 aromatic rings. The summed E-state index contributed by atoms with van der Waals surface area (Å²) in [5.74, 6) is 1.15. The third kappa shape index (κ3) is 5.71. The van der Waals surface area contributed by atoms with E-state index in [4.69, 9.17) is 27.9 Å². The molecule has 0 radical (unpaired) electrons. The fourth-order valence-corrected chi connectivity index (χ4v) is 3.95. The predicted octanol–water partition coefficient (Wildman–Crippen LogP) is 5.63. The maximum Gasteiger partial charge on any atom is 0.300 e. The number of hydrogen-bond acceptors (Lipinski definition) is 7. The molecule has 0 amide bonds. The van der Waals surface area contributed by atoms with Gasteiger partial charge < -0.3 is 14.6 Å². The average molecular weight is 540 g/mol. The number of nitrogens with one attached hydrogen (secondary N) is 1.